The van der Waals surface area contributed by atoms with Crippen LogP contribution in [0.3, 0.4) is 0 Å². The van der Waals surface area contributed by atoms with Crippen LogP contribution in [0.2, 0.25) is 0 Å². The highest BCUT2D eigenvalue weighted by atomic mass is 32.2. The van der Waals surface area contributed by atoms with Gasteiger partial charge in [-0.15, -0.1) is 0 Å². The molecule has 0 atom stereocenters. The largest absolute Gasteiger partial charge is 0.480 e. The molecular formula is C17H18N2O6S. The average Bonchev–Trinajstić information content (AvgIpc) is 2.51. The Balaban J connectivity index is 2.69. The number of aryl methyl sites for hydroxylation is 3. The Morgan fingerprint density at radius 3 is 2.19 bits per heavy atom. The molecule has 8 nitrogen and oxygen atoms in total. The Morgan fingerprint density at radius 2 is 1.69 bits per heavy atom. The fourth-order valence-corrected chi connectivity index (χ4v) is 4.28. The van der Waals surface area contributed by atoms with E-state index in [1.54, 1.807) is 26.0 Å². The summed E-state index contributed by atoms with van der Waals surface area (Å²) in [6, 6.07) is 8.41. The van der Waals surface area contributed by atoms with Crippen LogP contribution >= 0.6 is 0 Å². The number of carboxylic acid groups (broad SMARTS) is 1. The van der Waals surface area contributed by atoms with Gasteiger partial charge >= 0.3 is 5.97 Å². The zero-order valence-corrected chi connectivity index (χ0v) is 15.3. The molecule has 1 N–H and O–H groups in total. The third-order valence-electron chi connectivity index (χ3n) is 3.72. The van der Waals surface area contributed by atoms with Gasteiger partial charge in [0.15, 0.2) is 0 Å². The quantitative estimate of drug-likeness (QED) is 0.610. The van der Waals surface area contributed by atoms with Gasteiger partial charge in [-0.05, 0) is 49.6 Å². The molecule has 0 saturated carbocycles. The van der Waals surface area contributed by atoms with Crippen molar-refractivity contribution in [2.75, 3.05) is 10.8 Å². The Morgan fingerprint density at radius 1 is 1.12 bits per heavy atom. The Labute approximate surface area is 150 Å². The van der Waals surface area contributed by atoms with Gasteiger partial charge in [-0.3, -0.25) is 19.2 Å². The molecule has 26 heavy (non-hydrogen) atoms. The summed E-state index contributed by atoms with van der Waals surface area (Å²) in [5.41, 5.74) is 1.62. The van der Waals surface area contributed by atoms with Crippen molar-refractivity contribution in [2.24, 2.45) is 0 Å². The maximum absolute atomic E-state index is 13.1. The number of carbonyl (C=O) groups is 1. The van der Waals surface area contributed by atoms with Gasteiger partial charge in [0.1, 0.15) is 6.54 Å². The molecule has 9 heteroatoms. The Bertz CT molecular complexity index is 964. The molecule has 2 aromatic rings. The number of hydrogen-bond donors (Lipinski definition) is 1. The number of nitrogens with zero attached hydrogens (tertiary/aromatic N) is 2. The lowest BCUT2D eigenvalue weighted by Gasteiger charge is -2.24. The van der Waals surface area contributed by atoms with Crippen LogP contribution in [0.25, 0.3) is 0 Å². The molecule has 0 aliphatic rings. The van der Waals surface area contributed by atoms with Gasteiger partial charge in [0.05, 0.1) is 15.5 Å². The van der Waals surface area contributed by atoms with Crippen molar-refractivity contribution in [1.29, 1.82) is 0 Å². The monoisotopic (exact) mass is 378 g/mol. The van der Waals surface area contributed by atoms with Gasteiger partial charge in [-0.2, -0.15) is 0 Å². The van der Waals surface area contributed by atoms with Crippen LogP contribution < -0.4 is 4.31 Å². The number of non-ortho nitro benzene ring substituents is 1. The van der Waals surface area contributed by atoms with E-state index >= 15 is 0 Å². The fourth-order valence-electron chi connectivity index (χ4n) is 2.63. The summed E-state index contributed by atoms with van der Waals surface area (Å²) in [6.45, 7) is 4.23. The number of anilines is 1. The first-order valence-electron chi connectivity index (χ1n) is 7.60. The van der Waals surface area contributed by atoms with E-state index in [1.165, 1.54) is 19.1 Å². The molecule has 2 aromatic carbocycles. The van der Waals surface area contributed by atoms with Crippen molar-refractivity contribution in [2.45, 2.75) is 25.7 Å². The average molecular weight is 378 g/mol. The smallest absolute Gasteiger partial charge is 0.324 e. The number of rotatable bonds is 6. The van der Waals surface area contributed by atoms with Gasteiger partial charge in [-0.1, -0.05) is 12.1 Å². The molecule has 0 heterocycles. The minimum absolute atomic E-state index is 0.191. The van der Waals surface area contributed by atoms with Crippen molar-refractivity contribution in [3.05, 3.63) is 63.2 Å². The SMILES string of the molecule is Cc1cc(C)cc(N(CC(=O)O)S(=O)(=O)c2cc([N+](=O)[O-])ccc2C)c1. The van der Waals surface area contributed by atoms with Gasteiger partial charge in [0.25, 0.3) is 15.7 Å². The van der Waals surface area contributed by atoms with Gasteiger partial charge in [0, 0.05) is 12.1 Å². The number of carboxylic acids is 1. The third-order valence-corrected chi connectivity index (χ3v) is 5.64. The van der Waals surface area contributed by atoms with Crippen molar-refractivity contribution in [3.8, 4) is 0 Å². The van der Waals surface area contributed by atoms with E-state index in [2.05, 4.69) is 0 Å². The van der Waals surface area contributed by atoms with E-state index in [0.717, 1.165) is 21.5 Å². The van der Waals surface area contributed by atoms with E-state index in [1.807, 2.05) is 6.07 Å². The van der Waals surface area contributed by atoms with Crippen LogP contribution in [0.5, 0.6) is 0 Å². The summed E-state index contributed by atoms with van der Waals surface area (Å²) in [6.07, 6.45) is 0. The zero-order chi connectivity index (χ0) is 19.6. The predicted octanol–water partition coefficient (Wildman–Crippen LogP) is 2.80. The molecule has 0 fully saturated rings. The first kappa shape index (κ1) is 19.4. The molecule has 0 bridgehead atoms. The number of nitro benzene ring substituents is 1. The lowest BCUT2D eigenvalue weighted by atomic mass is 10.1. The predicted molar refractivity (Wildman–Crippen MR) is 95.9 cm³/mol. The lowest BCUT2D eigenvalue weighted by Crippen LogP contribution is -2.36. The second kappa shape index (κ2) is 7.12. The summed E-state index contributed by atoms with van der Waals surface area (Å²) >= 11 is 0. The molecule has 0 spiro atoms. The van der Waals surface area contributed by atoms with E-state index in [4.69, 9.17) is 0 Å². The van der Waals surface area contributed by atoms with Crippen LogP contribution in [0.1, 0.15) is 16.7 Å². The topological polar surface area (TPSA) is 118 Å². The van der Waals surface area contributed by atoms with E-state index < -0.39 is 27.5 Å². The number of hydrogen-bond acceptors (Lipinski definition) is 5. The Kier molecular flexibility index (Phi) is 5.31. The van der Waals surface area contributed by atoms with E-state index in [9.17, 15) is 28.4 Å². The van der Waals surface area contributed by atoms with Crippen molar-refractivity contribution in [3.63, 3.8) is 0 Å². The minimum Gasteiger partial charge on any atom is -0.480 e. The first-order valence-corrected chi connectivity index (χ1v) is 9.04. The zero-order valence-electron chi connectivity index (χ0n) is 14.5. The number of sulfonamides is 1. The maximum Gasteiger partial charge on any atom is 0.324 e. The standard InChI is InChI=1S/C17H18N2O6S/c1-11-6-12(2)8-15(7-11)18(10-17(20)21)26(24,25)16-9-14(19(22)23)5-4-13(16)3/h4-9H,10H2,1-3H3,(H,20,21). The van der Waals surface area contributed by atoms with Gasteiger partial charge in [0.2, 0.25) is 0 Å². The second-order valence-corrected chi connectivity index (χ2v) is 7.79. The molecule has 0 unspecified atom stereocenters. The molecular weight excluding hydrogens is 360 g/mol. The lowest BCUT2D eigenvalue weighted by molar-refractivity contribution is -0.385. The van der Waals surface area contributed by atoms with Crippen LogP contribution in [0.4, 0.5) is 11.4 Å². The molecule has 0 saturated heterocycles. The van der Waals surface area contributed by atoms with Gasteiger partial charge < -0.3 is 5.11 Å². The fraction of sp³-hybridized carbons (Fsp3) is 0.235. The minimum atomic E-state index is -4.32. The van der Waals surface area contributed by atoms with Crippen molar-refractivity contribution >= 4 is 27.4 Å². The van der Waals surface area contributed by atoms with Crippen LogP contribution in [-0.2, 0) is 14.8 Å². The summed E-state index contributed by atoms with van der Waals surface area (Å²) in [5.74, 6) is -1.34. The summed E-state index contributed by atoms with van der Waals surface area (Å²) in [5, 5.41) is 20.2. The van der Waals surface area contributed by atoms with E-state index in [-0.39, 0.29) is 21.8 Å². The highest BCUT2D eigenvalue weighted by molar-refractivity contribution is 7.93. The van der Waals surface area contributed by atoms with Gasteiger partial charge in [-0.25, -0.2) is 8.42 Å². The molecule has 138 valence electrons. The molecule has 0 aromatic heterocycles. The Hall–Kier alpha value is -2.94. The van der Waals surface area contributed by atoms with Crippen LogP contribution in [0.15, 0.2) is 41.3 Å². The molecule has 0 aliphatic heterocycles. The normalized spacial score (nSPS) is 11.2. The summed E-state index contributed by atoms with van der Waals surface area (Å²) in [4.78, 5) is 21.3. The highest BCUT2D eigenvalue weighted by Gasteiger charge is 2.30. The summed E-state index contributed by atoms with van der Waals surface area (Å²) in [7, 11) is -4.32. The molecule has 0 radical (unpaired) electrons. The first-order chi connectivity index (χ1) is 12.0. The highest BCUT2D eigenvalue weighted by Crippen LogP contribution is 2.29. The number of benzene rings is 2. The second-order valence-electron chi connectivity index (χ2n) is 5.96. The number of nitro groups is 1. The third kappa shape index (κ3) is 3.99. The molecule has 0 aliphatic carbocycles. The van der Waals surface area contributed by atoms with Crippen LogP contribution in [0, 0.1) is 30.9 Å². The van der Waals surface area contributed by atoms with Crippen LogP contribution in [-0.4, -0.2) is 31.0 Å². The summed E-state index contributed by atoms with van der Waals surface area (Å²) < 4.78 is 27.0. The van der Waals surface area contributed by atoms with Crippen molar-refractivity contribution in [1.82, 2.24) is 0 Å². The maximum atomic E-state index is 13.1. The van der Waals surface area contributed by atoms with Crippen molar-refractivity contribution < 1.29 is 23.2 Å². The molecule has 0 amide bonds. The number of aliphatic carboxylic acids is 1. The molecule has 2 rings (SSSR count). The van der Waals surface area contributed by atoms with E-state index in [0.29, 0.717) is 0 Å².